The fourth-order valence-electron chi connectivity index (χ4n) is 2.46. The largest absolute Gasteiger partial charge is 0.389 e. The number of aryl methyl sites for hydroxylation is 1. The minimum Gasteiger partial charge on any atom is -0.389 e. The van der Waals surface area contributed by atoms with Crippen molar-refractivity contribution in [1.29, 1.82) is 0 Å². The second-order valence-corrected chi connectivity index (χ2v) is 5.40. The Balaban J connectivity index is 2.18. The number of nitrogens with one attached hydrogen (secondary N) is 1. The Morgan fingerprint density at radius 2 is 2.39 bits per heavy atom. The van der Waals surface area contributed by atoms with Crippen LogP contribution in [-0.2, 0) is 0 Å². The molecule has 0 radical (unpaired) electrons. The van der Waals surface area contributed by atoms with Crippen LogP contribution in [-0.4, -0.2) is 41.1 Å². The molecular weight excluding hydrogens is 244 g/mol. The van der Waals surface area contributed by atoms with Crippen molar-refractivity contribution in [2.75, 3.05) is 25.5 Å². The Labute approximate surface area is 114 Å². The van der Waals surface area contributed by atoms with Gasteiger partial charge in [-0.25, -0.2) is 4.98 Å². The normalized spacial score (nSPS) is 20.7. The molecule has 2 heterocycles. The SMILES string of the molecule is Cc1ccnc(NC2CCCN(C)C2)c1C(N)=S. The molecule has 3 N–H and O–H groups in total. The second kappa shape index (κ2) is 5.63. The first-order valence-corrected chi connectivity index (χ1v) is 6.69. The lowest BCUT2D eigenvalue weighted by Gasteiger charge is -2.31. The summed E-state index contributed by atoms with van der Waals surface area (Å²) in [5.74, 6) is 0.822. The number of anilines is 1. The monoisotopic (exact) mass is 264 g/mol. The zero-order chi connectivity index (χ0) is 13.1. The van der Waals surface area contributed by atoms with Crippen molar-refractivity contribution in [3.8, 4) is 0 Å². The number of pyridine rings is 1. The molecule has 5 heteroatoms. The third-order valence-corrected chi connectivity index (χ3v) is 3.58. The molecule has 98 valence electrons. The number of nitrogens with zero attached hydrogens (tertiary/aromatic N) is 2. The summed E-state index contributed by atoms with van der Waals surface area (Å²) in [6.45, 7) is 4.21. The van der Waals surface area contributed by atoms with Crippen LogP contribution >= 0.6 is 12.2 Å². The van der Waals surface area contributed by atoms with Gasteiger partial charge in [0.2, 0.25) is 0 Å². The summed E-state index contributed by atoms with van der Waals surface area (Å²) in [4.78, 5) is 7.12. The van der Waals surface area contributed by atoms with Gasteiger partial charge in [-0.2, -0.15) is 0 Å². The highest BCUT2D eigenvalue weighted by Crippen LogP contribution is 2.20. The van der Waals surface area contributed by atoms with E-state index in [4.69, 9.17) is 18.0 Å². The quantitative estimate of drug-likeness (QED) is 0.811. The van der Waals surface area contributed by atoms with Crippen molar-refractivity contribution in [2.24, 2.45) is 5.73 Å². The molecule has 1 aromatic rings. The zero-order valence-electron chi connectivity index (χ0n) is 10.9. The maximum atomic E-state index is 5.79. The van der Waals surface area contributed by atoms with Crippen molar-refractivity contribution in [1.82, 2.24) is 9.88 Å². The van der Waals surface area contributed by atoms with Crippen LogP contribution < -0.4 is 11.1 Å². The van der Waals surface area contributed by atoms with Gasteiger partial charge in [-0.05, 0) is 45.0 Å². The van der Waals surface area contributed by atoms with Crippen LogP contribution in [0.5, 0.6) is 0 Å². The van der Waals surface area contributed by atoms with E-state index < -0.39 is 0 Å². The highest BCUT2D eigenvalue weighted by atomic mass is 32.1. The van der Waals surface area contributed by atoms with Crippen LogP contribution in [0.15, 0.2) is 12.3 Å². The Kier molecular flexibility index (Phi) is 4.14. The summed E-state index contributed by atoms with van der Waals surface area (Å²) in [7, 11) is 2.14. The highest BCUT2D eigenvalue weighted by Gasteiger charge is 2.19. The molecule has 4 nitrogen and oxygen atoms in total. The van der Waals surface area contributed by atoms with Crippen molar-refractivity contribution in [2.45, 2.75) is 25.8 Å². The maximum Gasteiger partial charge on any atom is 0.136 e. The van der Waals surface area contributed by atoms with E-state index in [0.717, 1.165) is 29.9 Å². The molecule has 1 aliphatic rings. The van der Waals surface area contributed by atoms with Gasteiger partial charge in [0.25, 0.3) is 0 Å². The van der Waals surface area contributed by atoms with E-state index >= 15 is 0 Å². The predicted molar refractivity (Wildman–Crippen MR) is 79.0 cm³/mol. The topological polar surface area (TPSA) is 54.2 Å². The van der Waals surface area contributed by atoms with E-state index in [2.05, 4.69) is 22.2 Å². The molecule has 0 aromatic carbocycles. The number of likely N-dealkylation sites (tertiary alicyclic amines) is 1. The van der Waals surface area contributed by atoms with Crippen molar-refractivity contribution in [3.05, 3.63) is 23.4 Å². The number of aromatic nitrogens is 1. The lowest BCUT2D eigenvalue weighted by Crippen LogP contribution is -2.40. The molecule has 1 unspecified atom stereocenters. The summed E-state index contributed by atoms with van der Waals surface area (Å²) >= 11 is 5.12. The number of likely N-dealkylation sites (N-methyl/N-ethyl adjacent to an activating group) is 1. The first-order chi connectivity index (χ1) is 8.58. The first kappa shape index (κ1) is 13.2. The molecule has 0 bridgehead atoms. The first-order valence-electron chi connectivity index (χ1n) is 6.28. The molecule has 1 saturated heterocycles. The fraction of sp³-hybridized carbons (Fsp3) is 0.538. The fourth-order valence-corrected chi connectivity index (χ4v) is 2.71. The average Bonchev–Trinajstić information content (AvgIpc) is 2.28. The second-order valence-electron chi connectivity index (χ2n) is 4.96. The molecule has 2 rings (SSSR count). The Morgan fingerprint density at radius 1 is 1.61 bits per heavy atom. The van der Waals surface area contributed by atoms with E-state index in [1.807, 2.05) is 13.0 Å². The van der Waals surface area contributed by atoms with Gasteiger partial charge in [0.1, 0.15) is 10.8 Å². The molecule has 0 spiro atoms. The summed E-state index contributed by atoms with van der Waals surface area (Å²) in [5, 5.41) is 3.48. The third-order valence-electron chi connectivity index (χ3n) is 3.37. The highest BCUT2D eigenvalue weighted by molar-refractivity contribution is 7.80. The minimum absolute atomic E-state index is 0.410. The van der Waals surface area contributed by atoms with Crippen LogP contribution in [0.2, 0.25) is 0 Å². The summed E-state index contributed by atoms with van der Waals surface area (Å²) in [6.07, 6.45) is 4.17. The number of hydrogen-bond acceptors (Lipinski definition) is 4. The minimum atomic E-state index is 0.410. The van der Waals surface area contributed by atoms with E-state index in [1.165, 1.54) is 13.0 Å². The van der Waals surface area contributed by atoms with Crippen LogP contribution in [0.25, 0.3) is 0 Å². The maximum absolute atomic E-state index is 5.79. The molecule has 1 fully saturated rings. The van der Waals surface area contributed by atoms with Gasteiger partial charge in [-0.1, -0.05) is 12.2 Å². The van der Waals surface area contributed by atoms with E-state index in [1.54, 1.807) is 6.20 Å². The van der Waals surface area contributed by atoms with E-state index in [0.29, 0.717) is 11.0 Å². The number of rotatable bonds is 3. The lowest BCUT2D eigenvalue weighted by molar-refractivity contribution is 0.260. The van der Waals surface area contributed by atoms with Crippen molar-refractivity contribution >= 4 is 23.0 Å². The van der Waals surface area contributed by atoms with E-state index in [9.17, 15) is 0 Å². The van der Waals surface area contributed by atoms with Crippen molar-refractivity contribution < 1.29 is 0 Å². The zero-order valence-corrected chi connectivity index (χ0v) is 11.8. The van der Waals surface area contributed by atoms with Gasteiger partial charge in [0.15, 0.2) is 0 Å². The smallest absolute Gasteiger partial charge is 0.136 e. The summed E-state index contributed by atoms with van der Waals surface area (Å²) < 4.78 is 0. The molecule has 18 heavy (non-hydrogen) atoms. The van der Waals surface area contributed by atoms with Crippen LogP contribution in [0.1, 0.15) is 24.0 Å². The Morgan fingerprint density at radius 3 is 3.06 bits per heavy atom. The number of thiocarbonyl (C=S) groups is 1. The van der Waals surface area contributed by atoms with Crippen molar-refractivity contribution in [3.63, 3.8) is 0 Å². The van der Waals surface area contributed by atoms with Crippen LogP contribution in [0.4, 0.5) is 5.82 Å². The molecule has 0 amide bonds. The standard InChI is InChI=1S/C13H20N4S/c1-9-5-6-15-13(11(9)12(14)18)16-10-4-3-7-17(2)8-10/h5-6,10H,3-4,7-8H2,1-2H3,(H2,14,18)(H,15,16). The van der Waals surface area contributed by atoms with Crippen LogP contribution in [0.3, 0.4) is 0 Å². The van der Waals surface area contributed by atoms with Gasteiger partial charge >= 0.3 is 0 Å². The Bertz CT molecular complexity index is 447. The van der Waals surface area contributed by atoms with Crippen LogP contribution in [0, 0.1) is 6.92 Å². The van der Waals surface area contributed by atoms with Gasteiger partial charge in [-0.3, -0.25) is 0 Å². The molecule has 0 saturated carbocycles. The number of piperidine rings is 1. The van der Waals surface area contributed by atoms with Gasteiger partial charge < -0.3 is 16.0 Å². The van der Waals surface area contributed by atoms with Gasteiger partial charge in [0, 0.05) is 18.8 Å². The molecule has 1 aliphatic heterocycles. The third kappa shape index (κ3) is 2.97. The van der Waals surface area contributed by atoms with Gasteiger partial charge in [-0.15, -0.1) is 0 Å². The molecule has 0 aliphatic carbocycles. The molecule has 1 atom stereocenters. The average molecular weight is 264 g/mol. The number of nitrogens with two attached hydrogens (primary N) is 1. The molecule has 1 aromatic heterocycles. The summed E-state index contributed by atoms with van der Waals surface area (Å²) in [6, 6.07) is 2.36. The predicted octanol–water partition coefficient (Wildman–Crippen LogP) is 1.53. The number of hydrogen-bond donors (Lipinski definition) is 2. The lowest BCUT2D eigenvalue weighted by atomic mass is 10.1. The molecular formula is C13H20N4S. The van der Waals surface area contributed by atoms with Gasteiger partial charge in [0.05, 0.1) is 5.56 Å². The van der Waals surface area contributed by atoms with E-state index in [-0.39, 0.29) is 0 Å². The summed E-state index contributed by atoms with van der Waals surface area (Å²) in [5.41, 5.74) is 7.74. The Hall–Kier alpha value is -1.20.